The third kappa shape index (κ3) is 3.93. The molecule has 1 aromatic carbocycles. The molecule has 1 heterocycles. The number of nitriles is 1. The van der Waals surface area contributed by atoms with Crippen molar-refractivity contribution in [1.29, 1.82) is 5.26 Å². The SMILES string of the molecule is COCCN1C(C)=C(C(=O)O)C(c2ccccc2C(F)(F)F)C(C#N)C1C. The zero-order valence-electron chi connectivity index (χ0n) is 15.2. The first-order valence-corrected chi connectivity index (χ1v) is 8.40. The van der Waals surface area contributed by atoms with Gasteiger partial charge in [-0.15, -0.1) is 0 Å². The minimum absolute atomic E-state index is 0.188. The van der Waals surface area contributed by atoms with E-state index in [1.807, 2.05) is 6.07 Å². The van der Waals surface area contributed by atoms with E-state index in [1.54, 1.807) is 18.7 Å². The molecule has 1 aliphatic heterocycles. The monoisotopic (exact) mass is 382 g/mol. The number of carbonyl (C=O) groups is 1. The first-order chi connectivity index (χ1) is 12.6. The first-order valence-electron chi connectivity index (χ1n) is 8.40. The molecule has 8 heteroatoms. The standard InChI is InChI=1S/C19H21F3N2O3/c1-11-14(10-23)17(13-6-4-5-7-15(13)19(20,21)22)16(18(25)26)12(2)24(11)8-9-27-3/h4-7,11,14,17H,8-9H2,1-3H3,(H,25,26). The number of halogens is 3. The van der Waals surface area contributed by atoms with E-state index in [2.05, 4.69) is 0 Å². The molecule has 1 aliphatic rings. The minimum Gasteiger partial charge on any atom is -0.478 e. The van der Waals surface area contributed by atoms with Gasteiger partial charge in [0, 0.05) is 31.3 Å². The Morgan fingerprint density at radius 3 is 2.52 bits per heavy atom. The highest BCUT2D eigenvalue weighted by Crippen LogP contribution is 2.46. The molecule has 0 radical (unpaired) electrons. The summed E-state index contributed by atoms with van der Waals surface area (Å²) in [6.45, 7) is 3.92. The molecule has 146 valence electrons. The lowest BCUT2D eigenvalue weighted by Gasteiger charge is -2.44. The maximum atomic E-state index is 13.5. The van der Waals surface area contributed by atoms with Crippen LogP contribution < -0.4 is 0 Å². The minimum atomic E-state index is -4.65. The van der Waals surface area contributed by atoms with E-state index in [4.69, 9.17) is 4.74 Å². The number of carboxylic acids is 1. The van der Waals surface area contributed by atoms with Crippen LogP contribution in [0.15, 0.2) is 35.5 Å². The van der Waals surface area contributed by atoms with Crippen molar-refractivity contribution in [2.24, 2.45) is 5.92 Å². The van der Waals surface area contributed by atoms with Crippen molar-refractivity contribution >= 4 is 5.97 Å². The van der Waals surface area contributed by atoms with E-state index in [0.29, 0.717) is 18.8 Å². The molecule has 1 N–H and O–H groups in total. The third-order valence-corrected chi connectivity index (χ3v) is 5.02. The Kier molecular flexibility index (Phi) is 6.16. The van der Waals surface area contributed by atoms with Crippen LogP contribution in [0.2, 0.25) is 0 Å². The number of hydrogen-bond acceptors (Lipinski definition) is 4. The van der Waals surface area contributed by atoms with Gasteiger partial charge in [-0.05, 0) is 25.5 Å². The van der Waals surface area contributed by atoms with Crippen LogP contribution in [0.25, 0.3) is 0 Å². The van der Waals surface area contributed by atoms with Gasteiger partial charge in [0.05, 0.1) is 29.7 Å². The quantitative estimate of drug-likeness (QED) is 0.842. The number of hydrogen-bond donors (Lipinski definition) is 1. The van der Waals surface area contributed by atoms with Crippen molar-refractivity contribution < 1.29 is 27.8 Å². The van der Waals surface area contributed by atoms with Gasteiger partial charge < -0.3 is 14.7 Å². The lowest BCUT2D eigenvalue weighted by atomic mass is 9.72. The summed E-state index contributed by atoms with van der Waals surface area (Å²) in [4.78, 5) is 13.7. The van der Waals surface area contributed by atoms with Crippen LogP contribution in [-0.4, -0.2) is 42.3 Å². The summed E-state index contributed by atoms with van der Waals surface area (Å²) < 4.78 is 45.6. The van der Waals surface area contributed by atoms with Gasteiger partial charge in [0.2, 0.25) is 0 Å². The molecule has 3 unspecified atom stereocenters. The molecule has 0 saturated heterocycles. The summed E-state index contributed by atoms with van der Waals surface area (Å²) in [6.07, 6.45) is -4.65. The van der Waals surface area contributed by atoms with Gasteiger partial charge in [-0.3, -0.25) is 0 Å². The van der Waals surface area contributed by atoms with Crippen LogP contribution in [0, 0.1) is 17.2 Å². The number of benzene rings is 1. The number of rotatable bonds is 5. The van der Waals surface area contributed by atoms with E-state index in [1.165, 1.54) is 25.3 Å². The Morgan fingerprint density at radius 2 is 2.00 bits per heavy atom. The molecule has 5 nitrogen and oxygen atoms in total. The average Bonchev–Trinajstić information content (AvgIpc) is 2.60. The van der Waals surface area contributed by atoms with E-state index >= 15 is 0 Å². The lowest BCUT2D eigenvalue weighted by molar-refractivity contribution is -0.139. The highest BCUT2D eigenvalue weighted by molar-refractivity contribution is 5.90. The number of nitrogens with zero attached hydrogens (tertiary/aromatic N) is 2. The van der Waals surface area contributed by atoms with Gasteiger partial charge in [-0.1, -0.05) is 18.2 Å². The van der Waals surface area contributed by atoms with Gasteiger partial charge in [0.25, 0.3) is 0 Å². The molecular formula is C19H21F3N2O3. The summed E-state index contributed by atoms with van der Waals surface area (Å²) in [5, 5.41) is 19.5. The molecule has 3 atom stereocenters. The Balaban J connectivity index is 2.72. The smallest absolute Gasteiger partial charge is 0.416 e. The fraction of sp³-hybridized carbons (Fsp3) is 0.474. The van der Waals surface area contributed by atoms with Crippen molar-refractivity contribution in [3.05, 3.63) is 46.7 Å². The number of ether oxygens (including phenoxy) is 1. The first kappa shape index (κ1) is 20.8. The second-order valence-corrected chi connectivity index (χ2v) is 6.45. The van der Waals surface area contributed by atoms with Crippen molar-refractivity contribution in [2.75, 3.05) is 20.3 Å². The molecule has 0 spiro atoms. The predicted molar refractivity (Wildman–Crippen MR) is 91.7 cm³/mol. The third-order valence-electron chi connectivity index (χ3n) is 5.02. The van der Waals surface area contributed by atoms with Crippen LogP contribution in [0.3, 0.4) is 0 Å². The van der Waals surface area contributed by atoms with Crippen molar-refractivity contribution in [2.45, 2.75) is 32.0 Å². The molecule has 0 aromatic heterocycles. The second-order valence-electron chi connectivity index (χ2n) is 6.45. The van der Waals surface area contributed by atoms with E-state index < -0.39 is 35.6 Å². The Morgan fingerprint density at radius 1 is 1.37 bits per heavy atom. The van der Waals surface area contributed by atoms with Crippen molar-refractivity contribution in [3.8, 4) is 6.07 Å². The molecular weight excluding hydrogens is 361 g/mol. The largest absolute Gasteiger partial charge is 0.478 e. The fourth-order valence-electron chi connectivity index (χ4n) is 3.74. The molecule has 0 fully saturated rings. The zero-order chi connectivity index (χ0) is 20.4. The predicted octanol–water partition coefficient (Wildman–Crippen LogP) is 3.64. The molecule has 0 saturated carbocycles. The van der Waals surface area contributed by atoms with Gasteiger partial charge in [0.1, 0.15) is 0 Å². The summed E-state index contributed by atoms with van der Waals surface area (Å²) in [5.74, 6) is -3.47. The van der Waals surface area contributed by atoms with Gasteiger partial charge in [-0.25, -0.2) is 4.79 Å². The van der Waals surface area contributed by atoms with Crippen LogP contribution >= 0.6 is 0 Å². The second kappa shape index (κ2) is 8.01. The normalized spacial score (nSPS) is 23.3. The maximum absolute atomic E-state index is 13.5. The number of aliphatic carboxylic acids is 1. The number of carboxylic acid groups (broad SMARTS) is 1. The lowest BCUT2D eigenvalue weighted by Crippen LogP contribution is -2.47. The summed E-state index contributed by atoms with van der Waals surface area (Å²) in [6, 6.07) is 6.42. The summed E-state index contributed by atoms with van der Waals surface area (Å²) in [5.41, 5.74) is -0.945. The van der Waals surface area contributed by atoms with Gasteiger partial charge in [0.15, 0.2) is 0 Å². The summed E-state index contributed by atoms with van der Waals surface area (Å²) in [7, 11) is 1.50. The van der Waals surface area contributed by atoms with Crippen LogP contribution in [-0.2, 0) is 15.7 Å². The number of alkyl halides is 3. The topological polar surface area (TPSA) is 73.6 Å². The Bertz CT molecular complexity index is 783. The Labute approximate surface area is 155 Å². The molecule has 0 bridgehead atoms. The van der Waals surface area contributed by atoms with E-state index in [9.17, 15) is 28.3 Å². The fourth-order valence-corrected chi connectivity index (χ4v) is 3.74. The highest BCUT2D eigenvalue weighted by Gasteiger charge is 2.46. The van der Waals surface area contributed by atoms with E-state index in [-0.39, 0.29) is 11.1 Å². The molecule has 27 heavy (non-hydrogen) atoms. The van der Waals surface area contributed by atoms with Crippen LogP contribution in [0.1, 0.15) is 30.9 Å². The van der Waals surface area contributed by atoms with Crippen LogP contribution in [0.5, 0.6) is 0 Å². The Hall–Kier alpha value is -2.53. The van der Waals surface area contributed by atoms with Crippen molar-refractivity contribution in [3.63, 3.8) is 0 Å². The highest BCUT2D eigenvalue weighted by atomic mass is 19.4. The maximum Gasteiger partial charge on any atom is 0.416 e. The molecule has 1 aromatic rings. The molecule has 0 aliphatic carbocycles. The van der Waals surface area contributed by atoms with Crippen molar-refractivity contribution in [1.82, 2.24) is 4.90 Å². The summed E-state index contributed by atoms with van der Waals surface area (Å²) >= 11 is 0. The van der Waals surface area contributed by atoms with E-state index in [0.717, 1.165) is 6.07 Å². The number of allylic oxidation sites excluding steroid dienone is 1. The van der Waals surface area contributed by atoms with Gasteiger partial charge in [-0.2, -0.15) is 18.4 Å². The zero-order valence-corrected chi connectivity index (χ0v) is 15.2. The molecule has 2 rings (SSSR count). The van der Waals surface area contributed by atoms with Crippen LogP contribution in [0.4, 0.5) is 13.2 Å². The average molecular weight is 382 g/mol. The molecule has 0 amide bonds. The number of methoxy groups -OCH3 is 1. The van der Waals surface area contributed by atoms with Gasteiger partial charge >= 0.3 is 12.1 Å².